The Morgan fingerprint density at radius 2 is 0.871 bits per heavy atom. The Morgan fingerprint density at radius 1 is 0.339 bits per heavy atom. The van der Waals surface area contributed by atoms with Crippen molar-refractivity contribution in [2.24, 2.45) is 0 Å². The minimum absolute atomic E-state index is 0.663. The Kier molecular flexibility index (Phi) is 8.42. The molecule has 12 rings (SSSR count). The lowest BCUT2D eigenvalue weighted by Crippen LogP contribution is -2.00. The Labute approximate surface area is 357 Å². The molecule has 0 fully saturated rings. The normalized spacial score (nSPS) is 11.5. The van der Waals surface area contributed by atoms with Gasteiger partial charge in [-0.15, -0.1) is 0 Å². The molecule has 0 aliphatic heterocycles. The van der Waals surface area contributed by atoms with Gasteiger partial charge in [-0.1, -0.05) is 182 Å². The van der Waals surface area contributed by atoms with Gasteiger partial charge in [0, 0.05) is 55.1 Å². The number of hydrogen-bond donors (Lipinski definition) is 0. The number of aromatic nitrogens is 4. The van der Waals surface area contributed by atoms with Crippen molar-refractivity contribution in [3.05, 3.63) is 218 Å². The molecule has 0 radical (unpaired) electrons. The van der Waals surface area contributed by atoms with Crippen LogP contribution >= 0.6 is 0 Å². The summed E-state index contributed by atoms with van der Waals surface area (Å²) >= 11 is 0. The first-order chi connectivity index (χ1) is 30.7. The fourth-order valence-electron chi connectivity index (χ4n) is 8.98. The van der Waals surface area contributed by atoms with E-state index in [1.54, 1.807) is 0 Å². The maximum atomic E-state index is 6.20. The summed E-state index contributed by atoms with van der Waals surface area (Å²) in [6, 6.07) is 76.2. The maximum Gasteiger partial charge on any atom is 0.160 e. The standard InChI is InChI=1S/C57H36N4O/c1-5-18-37(19-6-1)53-54(38-20-7-2-8-21-38)60-61-55(39-22-9-3-10-23-39)52(45-29-13-14-30-46(45)56(53)61)43-27-17-26-41(34-43)48-36-49(59-57(58-48)40-24-11-4-12-25-40)42-32-33-51-47(35-42)44-28-15-16-31-50(44)62-51/h1-36H. The van der Waals surface area contributed by atoms with Crippen molar-refractivity contribution in [2.75, 3.05) is 0 Å². The van der Waals surface area contributed by atoms with Crippen LogP contribution in [0.15, 0.2) is 223 Å². The molecule has 0 aliphatic rings. The number of rotatable bonds is 7. The molecule has 0 unspecified atom stereocenters. The van der Waals surface area contributed by atoms with E-state index in [1.807, 2.05) is 42.5 Å². The van der Waals surface area contributed by atoms with Crippen LogP contribution in [0.1, 0.15) is 0 Å². The van der Waals surface area contributed by atoms with Gasteiger partial charge in [-0.05, 0) is 52.9 Å². The van der Waals surface area contributed by atoms with Gasteiger partial charge >= 0.3 is 0 Å². The van der Waals surface area contributed by atoms with Crippen molar-refractivity contribution in [1.82, 2.24) is 19.6 Å². The molecule has 0 saturated carbocycles. The van der Waals surface area contributed by atoms with Gasteiger partial charge in [0.2, 0.25) is 0 Å². The first kappa shape index (κ1) is 35.5. The molecule has 0 amide bonds. The fourth-order valence-corrected chi connectivity index (χ4v) is 8.98. The Hall–Kier alpha value is -8.41. The van der Waals surface area contributed by atoms with Crippen molar-refractivity contribution < 1.29 is 4.42 Å². The van der Waals surface area contributed by atoms with Crippen LogP contribution in [0, 0.1) is 0 Å². The van der Waals surface area contributed by atoms with Crippen LogP contribution in [0.5, 0.6) is 0 Å². The fraction of sp³-hybridized carbons (Fsp3) is 0. The van der Waals surface area contributed by atoms with E-state index in [0.29, 0.717) is 5.82 Å². The molecule has 12 aromatic rings. The predicted octanol–water partition coefficient (Wildman–Crippen LogP) is 14.8. The van der Waals surface area contributed by atoms with Crippen LogP contribution in [-0.4, -0.2) is 19.6 Å². The van der Waals surface area contributed by atoms with Crippen molar-refractivity contribution in [2.45, 2.75) is 0 Å². The molecule has 4 aromatic heterocycles. The highest BCUT2D eigenvalue weighted by Gasteiger charge is 2.25. The molecule has 0 spiro atoms. The number of nitrogens with zero attached hydrogens (tertiary/aromatic N) is 4. The molecule has 0 N–H and O–H groups in total. The van der Waals surface area contributed by atoms with Crippen molar-refractivity contribution in [3.63, 3.8) is 0 Å². The summed E-state index contributed by atoms with van der Waals surface area (Å²) in [6.45, 7) is 0. The van der Waals surface area contributed by atoms with Gasteiger partial charge < -0.3 is 4.42 Å². The largest absolute Gasteiger partial charge is 0.456 e. The third kappa shape index (κ3) is 5.98. The summed E-state index contributed by atoms with van der Waals surface area (Å²) in [5, 5.41) is 9.97. The van der Waals surface area contributed by atoms with E-state index >= 15 is 0 Å². The molecule has 0 saturated heterocycles. The number of para-hydroxylation sites is 1. The molecule has 62 heavy (non-hydrogen) atoms. The summed E-state index contributed by atoms with van der Waals surface area (Å²) in [6.07, 6.45) is 0. The summed E-state index contributed by atoms with van der Waals surface area (Å²) in [5.74, 6) is 0.663. The van der Waals surface area contributed by atoms with E-state index in [0.717, 1.165) is 111 Å². The lowest BCUT2D eigenvalue weighted by molar-refractivity contribution is 0.669. The number of furan rings is 1. The molecule has 5 nitrogen and oxygen atoms in total. The van der Waals surface area contributed by atoms with E-state index in [1.165, 1.54) is 0 Å². The molecular weight excluding hydrogens is 757 g/mol. The van der Waals surface area contributed by atoms with E-state index in [9.17, 15) is 0 Å². The summed E-state index contributed by atoms with van der Waals surface area (Å²) in [7, 11) is 0. The lowest BCUT2D eigenvalue weighted by atomic mass is 9.90. The number of pyridine rings is 1. The first-order valence-electron chi connectivity index (χ1n) is 20.9. The van der Waals surface area contributed by atoms with Gasteiger partial charge in [-0.2, -0.15) is 5.10 Å². The van der Waals surface area contributed by atoms with Crippen LogP contribution in [0.4, 0.5) is 0 Å². The quantitative estimate of drug-likeness (QED) is 0.161. The predicted molar refractivity (Wildman–Crippen MR) is 254 cm³/mol. The molecule has 0 atom stereocenters. The van der Waals surface area contributed by atoms with E-state index < -0.39 is 0 Å². The summed E-state index contributed by atoms with van der Waals surface area (Å²) in [4.78, 5) is 10.5. The van der Waals surface area contributed by atoms with Crippen molar-refractivity contribution in [3.8, 4) is 78.7 Å². The van der Waals surface area contributed by atoms with Crippen molar-refractivity contribution >= 4 is 38.2 Å². The van der Waals surface area contributed by atoms with E-state index in [4.69, 9.17) is 19.5 Å². The molecule has 290 valence electrons. The highest BCUT2D eigenvalue weighted by atomic mass is 16.3. The highest BCUT2D eigenvalue weighted by Crippen LogP contribution is 2.46. The maximum absolute atomic E-state index is 6.20. The van der Waals surface area contributed by atoms with Gasteiger partial charge in [0.15, 0.2) is 5.82 Å². The second kappa shape index (κ2) is 14.7. The van der Waals surface area contributed by atoms with E-state index in [-0.39, 0.29) is 0 Å². The number of benzene rings is 8. The summed E-state index contributed by atoms with van der Waals surface area (Å²) < 4.78 is 8.39. The smallest absolute Gasteiger partial charge is 0.160 e. The Balaban J connectivity index is 1.11. The van der Waals surface area contributed by atoms with Gasteiger partial charge in [0.1, 0.15) is 16.9 Å². The van der Waals surface area contributed by atoms with Crippen LogP contribution in [-0.2, 0) is 0 Å². The zero-order chi connectivity index (χ0) is 41.0. The second-order valence-corrected chi connectivity index (χ2v) is 15.6. The molecule has 0 aliphatic carbocycles. The van der Waals surface area contributed by atoms with Crippen LogP contribution in [0.3, 0.4) is 0 Å². The number of fused-ring (bicyclic) bond motifs is 6. The monoisotopic (exact) mass is 792 g/mol. The summed E-state index contributed by atoms with van der Waals surface area (Å²) in [5.41, 5.74) is 15.9. The molecule has 0 bridgehead atoms. The highest BCUT2D eigenvalue weighted by molar-refractivity contribution is 6.15. The van der Waals surface area contributed by atoms with Crippen LogP contribution < -0.4 is 0 Å². The van der Waals surface area contributed by atoms with Gasteiger partial charge in [0.25, 0.3) is 0 Å². The van der Waals surface area contributed by atoms with Crippen LogP contribution in [0.25, 0.3) is 117 Å². The minimum atomic E-state index is 0.663. The molecule has 4 heterocycles. The minimum Gasteiger partial charge on any atom is -0.456 e. The van der Waals surface area contributed by atoms with E-state index in [2.05, 4.69) is 180 Å². The van der Waals surface area contributed by atoms with Gasteiger partial charge in [0.05, 0.1) is 22.6 Å². The second-order valence-electron chi connectivity index (χ2n) is 15.6. The zero-order valence-corrected chi connectivity index (χ0v) is 33.5. The van der Waals surface area contributed by atoms with Gasteiger partial charge in [-0.25, -0.2) is 14.5 Å². The Morgan fingerprint density at radius 3 is 1.58 bits per heavy atom. The SMILES string of the molecule is c1ccc(-c2nc(-c3cccc(-c4c(-c5ccccc5)n5nc(-c6ccccc6)c(-c6ccccc6)c5c5ccccc45)c3)cc(-c3ccc4oc5ccccc5c4c3)n2)cc1. The third-order valence-electron chi connectivity index (χ3n) is 11.8. The van der Waals surface area contributed by atoms with Crippen LogP contribution in [0.2, 0.25) is 0 Å². The zero-order valence-electron chi connectivity index (χ0n) is 33.5. The molecular formula is C57H36N4O. The topological polar surface area (TPSA) is 56.2 Å². The average Bonchev–Trinajstić information content (AvgIpc) is 3.94. The molecule has 8 aromatic carbocycles. The van der Waals surface area contributed by atoms with Gasteiger partial charge in [-0.3, -0.25) is 0 Å². The number of hydrogen-bond acceptors (Lipinski definition) is 4. The molecule has 5 heteroatoms. The van der Waals surface area contributed by atoms with Crippen molar-refractivity contribution in [1.29, 1.82) is 0 Å². The third-order valence-corrected chi connectivity index (χ3v) is 11.8. The average molecular weight is 793 g/mol. The lowest BCUT2D eigenvalue weighted by Gasteiger charge is -2.18. The first-order valence-corrected chi connectivity index (χ1v) is 20.9. The Bertz CT molecular complexity index is 3610.